The van der Waals surface area contributed by atoms with Crippen LogP contribution in [0.15, 0.2) is 12.1 Å². The van der Waals surface area contributed by atoms with Crippen molar-refractivity contribution in [3.05, 3.63) is 28.0 Å². The predicted molar refractivity (Wildman–Crippen MR) is 87.7 cm³/mol. The highest BCUT2D eigenvalue weighted by Gasteiger charge is 2.34. The lowest BCUT2D eigenvalue weighted by atomic mass is 9.91. The maximum atomic E-state index is 6.36. The molecule has 1 atom stereocenters. The highest BCUT2D eigenvalue weighted by atomic mass is 35.5. The standard InChI is InChI=1S/C15H17Cl3N2O/c1-9(16)14-19-12-7-10(17)11(18)8-13(12)20(14)15(2)3-5-21-6-4-15/h7-9H,3-6H2,1-2H3. The number of ether oxygens (including phenoxy) is 1. The molecule has 1 unspecified atom stereocenters. The van der Waals surface area contributed by atoms with Crippen molar-refractivity contribution in [3.63, 3.8) is 0 Å². The topological polar surface area (TPSA) is 27.1 Å². The molecule has 0 radical (unpaired) electrons. The zero-order chi connectivity index (χ0) is 15.2. The number of alkyl halides is 1. The Balaban J connectivity index is 2.27. The first-order valence-corrected chi connectivity index (χ1v) is 8.21. The Bertz CT molecular complexity index is 675. The Morgan fingerprint density at radius 1 is 1.24 bits per heavy atom. The summed E-state index contributed by atoms with van der Waals surface area (Å²) >= 11 is 18.7. The van der Waals surface area contributed by atoms with Crippen LogP contribution in [0.2, 0.25) is 10.0 Å². The lowest BCUT2D eigenvalue weighted by Crippen LogP contribution is -2.37. The van der Waals surface area contributed by atoms with Crippen molar-refractivity contribution in [2.45, 2.75) is 37.6 Å². The normalized spacial score (nSPS) is 19.9. The molecule has 1 saturated heterocycles. The zero-order valence-electron chi connectivity index (χ0n) is 12.0. The second kappa shape index (κ2) is 5.62. The number of nitrogens with zero attached hydrogens (tertiary/aromatic N) is 2. The van der Waals surface area contributed by atoms with Crippen LogP contribution in [0.1, 0.15) is 37.9 Å². The summed E-state index contributed by atoms with van der Waals surface area (Å²) < 4.78 is 7.73. The van der Waals surface area contributed by atoms with Crippen LogP contribution in [0, 0.1) is 0 Å². The average molecular weight is 348 g/mol. The van der Waals surface area contributed by atoms with Gasteiger partial charge in [0.25, 0.3) is 0 Å². The Kier molecular flexibility index (Phi) is 4.12. The zero-order valence-corrected chi connectivity index (χ0v) is 14.3. The summed E-state index contributed by atoms with van der Waals surface area (Å²) in [5.74, 6) is 0.856. The SMILES string of the molecule is CC(Cl)c1nc2cc(Cl)c(Cl)cc2n1C1(C)CCOCC1. The van der Waals surface area contributed by atoms with Crippen molar-refractivity contribution in [3.8, 4) is 0 Å². The lowest BCUT2D eigenvalue weighted by molar-refractivity contribution is 0.0300. The Morgan fingerprint density at radius 3 is 2.48 bits per heavy atom. The van der Waals surface area contributed by atoms with Gasteiger partial charge in [0.05, 0.1) is 26.5 Å². The van der Waals surface area contributed by atoms with Crippen LogP contribution in [0.5, 0.6) is 0 Å². The Morgan fingerprint density at radius 2 is 1.86 bits per heavy atom. The van der Waals surface area contributed by atoms with Crippen LogP contribution < -0.4 is 0 Å². The second-order valence-electron chi connectivity index (χ2n) is 5.79. The Labute approximate surface area is 139 Å². The molecule has 3 nitrogen and oxygen atoms in total. The van der Waals surface area contributed by atoms with Crippen molar-refractivity contribution in [2.24, 2.45) is 0 Å². The molecule has 3 rings (SSSR count). The minimum atomic E-state index is -0.186. The number of imidazole rings is 1. The van der Waals surface area contributed by atoms with Gasteiger partial charge in [-0.2, -0.15) is 0 Å². The van der Waals surface area contributed by atoms with E-state index in [4.69, 9.17) is 39.5 Å². The number of fused-ring (bicyclic) bond motifs is 1. The van der Waals surface area contributed by atoms with Crippen LogP contribution in [0.4, 0.5) is 0 Å². The van der Waals surface area contributed by atoms with E-state index >= 15 is 0 Å². The van der Waals surface area contributed by atoms with Gasteiger partial charge in [-0.3, -0.25) is 0 Å². The molecule has 1 aromatic heterocycles. The van der Waals surface area contributed by atoms with E-state index in [9.17, 15) is 0 Å². The molecule has 1 aromatic carbocycles. The third kappa shape index (κ3) is 2.65. The van der Waals surface area contributed by atoms with Crippen molar-refractivity contribution in [1.29, 1.82) is 0 Å². The van der Waals surface area contributed by atoms with Crippen molar-refractivity contribution >= 4 is 45.8 Å². The number of halogens is 3. The van der Waals surface area contributed by atoms with Gasteiger partial charge in [-0.25, -0.2) is 4.98 Å². The lowest BCUT2D eigenvalue weighted by Gasteiger charge is -2.37. The maximum Gasteiger partial charge on any atom is 0.128 e. The van der Waals surface area contributed by atoms with Gasteiger partial charge in [0.2, 0.25) is 0 Å². The van der Waals surface area contributed by atoms with Crippen LogP contribution in [0.3, 0.4) is 0 Å². The molecule has 1 aliphatic rings. The molecular formula is C15H17Cl3N2O. The van der Waals surface area contributed by atoms with Gasteiger partial charge < -0.3 is 9.30 Å². The first-order chi connectivity index (χ1) is 9.92. The first kappa shape index (κ1) is 15.4. The summed E-state index contributed by atoms with van der Waals surface area (Å²) in [5.41, 5.74) is 1.75. The molecule has 0 spiro atoms. The fourth-order valence-corrected chi connectivity index (χ4v) is 3.42. The molecule has 1 aliphatic heterocycles. The highest BCUT2D eigenvalue weighted by molar-refractivity contribution is 6.42. The number of benzene rings is 1. The second-order valence-corrected chi connectivity index (χ2v) is 7.25. The molecule has 0 saturated carbocycles. The molecule has 0 amide bonds. The molecule has 1 fully saturated rings. The van der Waals surface area contributed by atoms with Crippen LogP contribution in [-0.2, 0) is 10.3 Å². The molecule has 0 N–H and O–H groups in total. The Hall–Kier alpha value is -0.480. The largest absolute Gasteiger partial charge is 0.381 e. The van der Waals surface area contributed by atoms with E-state index in [-0.39, 0.29) is 10.9 Å². The molecule has 0 bridgehead atoms. The van der Waals surface area contributed by atoms with Gasteiger partial charge in [0.1, 0.15) is 5.82 Å². The smallest absolute Gasteiger partial charge is 0.128 e. The molecule has 21 heavy (non-hydrogen) atoms. The van der Waals surface area contributed by atoms with Gasteiger partial charge >= 0.3 is 0 Å². The summed E-state index contributed by atoms with van der Waals surface area (Å²) in [6.07, 6.45) is 1.85. The molecule has 2 heterocycles. The summed E-state index contributed by atoms with van der Waals surface area (Å²) in [7, 11) is 0. The summed E-state index contributed by atoms with van der Waals surface area (Å²) in [4.78, 5) is 4.68. The van der Waals surface area contributed by atoms with Crippen molar-refractivity contribution in [1.82, 2.24) is 9.55 Å². The van der Waals surface area contributed by atoms with E-state index in [1.54, 1.807) is 6.07 Å². The minimum Gasteiger partial charge on any atom is -0.381 e. The van der Waals surface area contributed by atoms with Crippen molar-refractivity contribution in [2.75, 3.05) is 13.2 Å². The fourth-order valence-electron chi connectivity index (χ4n) is 2.96. The average Bonchev–Trinajstić information content (AvgIpc) is 2.79. The van der Waals surface area contributed by atoms with E-state index in [1.165, 1.54) is 0 Å². The highest BCUT2D eigenvalue weighted by Crippen LogP contribution is 2.38. The molecule has 114 valence electrons. The van der Waals surface area contributed by atoms with E-state index in [0.29, 0.717) is 10.0 Å². The maximum absolute atomic E-state index is 6.36. The summed E-state index contributed by atoms with van der Waals surface area (Å²) in [5, 5.41) is 0.865. The monoisotopic (exact) mass is 346 g/mol. The van der Waals surface area contributed by atoms with Crippen LogP contribution in [-0.4, -0.2) is 22.8 Å². The van der Waals surface area contributed by atoms with E-state index in [2.05, 4.69) is 16.5 Å². The van der Waals surface area contributed by atoms with Gasteiger partial charge in [-0.05, 0) is 38.8 Å². The predicted octanol–water partition coefficient (Wildman–Crippen LogP) is 5.17. The van der Waals surface area contributed by atoms with Crippen molar-refractivity contribution < 1.29 is 4.74 Å². The van der Waals surface area contributed by atoms with E-state index in [1.807, 2.05) is 13.0 Å². The van der Waals surface area contributed by atoms with Crippen LogP contribution in [0.25, 0.3) is 11.0 Å². The molecular weight excluding hydrogens is 331 g/mol. The summed E-state index contributed by atoms with van der Waals surface area (Å²) in [6, 6.07) is 3.69. The number of rotatable bonds is 2. The minimum absolute atomic E-state index is 0.0668. The third-order valence-corrected chi connectivity index (χ3v) is 5.11. The fraction of sp³-hybridized carbons (Fsp3) is 0.533. The quantitative estimate of drug-likeness (QED) is 0.701. The van der Waals surface area contributed by atoms with Gasteiger partial charge in [-0.15, -0.1) is 11.6 Å². The first-order valence-electron chi connectivity index (χ1n) is 7.02. The number of hydrogen-bond donors (Lipinski definition) is 0. The van der Waals surface area contributed by atoms with Gasteiger partial charge in [0, 0.05) is 18.8 Å². The van der Waals surface area contributed by atoms with E-state index in [0.717, 1.165) is 42.9 Å². The van der Waals surface area contributed by atoms with E-state index < -0.39 is 0 Å². The number of aromatic nitrogens is 2. The molecule has 0 aliphatic carbocycles. The molecule has 6 heteroatoms. The van der Waals surface area contributed by atoms with Gasteiger partial charge in [0.15, 0.2) is 0 Å². The van der Waals surface area contributed by atoms with Crippen LogP contribution >= 0.6 is 34.8 Å². The van der Waals surface area contributed by atoms with Gasteiger partial charge in [-0.1, -0.05) is 23.2 Å². The third-order valence-electron chi connectivity index (χ3n) is 4.19. The number of hydrogen-bond acceptors (Lipinski definition) is 2. The molecule has 2 aromatic rings. The summed E-state index contributed by atoms with van der Waals surface area (Å²) in [6.45, 7) is 5.65.